The molecule has 1 fully saturated rings. The lowest BCUT2D eigenvalue weighted by Crippen LogP contribution is -2.52. The highest BCUT2D eigenvalue weighted by Crippen LogP contribution is 2.07. The normalized spacial score (nSPS) is 20.4. The zero-order chi connectivity index (χ0) is 15.5. The fourth-order valence-electron chi connectivity index (χ4n) is 1.76. The number of likely N-dealkylation sites (N-methyl/N-ethyl adjacent to an activating group) is 1. The molecular weight excluding hydrogens is 260 g/mol. The third-order valence-electron chi connectivity index (χ3n) is 2.60. The summed E-state index contributed by atoms with van der Waals surface area (Å²) in [6, 6.07) is -0.680. The van der Waals surface area contributed by atoms with E-state index in [1.807, 2.05) is 0 Å². The van der Waals surface area contributed by atoms with Crippen molar-refractivity contribution in [3.63, 3.8) is 0 Å². The van der Waals surface area contributed by atoms with Gasteiger partial charge < -0.3 is 21.3 Å². The molecule has 1 aliphatic heterocycles. The van der Waals surface area contributed by atoms with E-state index in [1.54, 1.807) is 0 Å². The molecule has 0 aromatic heterocycles. The minimum Gasteiger partial charge on any atom is -0.358 e. The Morgan fingerprint density at radius 3 is 2.35 bits per heavy atom. The lowest BCUT2D eigenvalue weighted by molar-refractivity contribution is -0.127. The number of rotatable bonds is 4. The van der Waals surface area contributed by atoms with Gasteiger partial charge in [0.05, 0.1) is 12.6 Å². The topological polar surface area (TPSA) is 99.3 Å². The predicted octanol–water partition coefficient (Wildman–Crippen LogP) is -0.868. The zero-order valence-electron chi connectivity index (χ0n) is 12.7. The molecule has 2 unspecified atom stereocenters. The summed E-state index contributed by atoms with van der Waals surface area (Å²) in [6.07, 6.45) is 1.96. The molecule has 2 atom stereocenters. The molecule has 3 amide bonds. The quantitative estimate of drug-likeness (QED) is 0.540. The van der Waals surface area contributed by atoms with Gasteiger partial charge in [-0.1, -0.05) is 20.3 Å². The molecule has 0 aromatic rings. The molecule has 1 saturated heterocycles. The maximum atomic E-state index is 11.8. The molecule has 0 aromatic carbocycles. The van der Waals surface area contributed by atoms with Crippen molar-refractivity contribution in [3.05, 3.63) is 0 Å². The van der Waals surface area contributed by atoms with E-state index in [9.17, 15) is 14.4 Å². The number of nitrogens with one attached hydrogen (secondary N) is 4. The first-order valence-corrected chi connectivity index (χ1v) is 6.94. The van der Waals surface area contributed by atoms with Gasteiger partial charge in [0.2, 0.25) is 17.7 Å². The average molecular weight is 286 g/mol. The van der Waals surface area contributed by atoms with Crippen LogP contribution in [0.4, 0.5) is 0 Å². The fraction of sp³-hybridized carbons (Fsp3) is 0.769. The van der Waals surface area contributed by atoms with Crippen molar-refractivity contribution in [2.24, 2.45) is 0 Å². The van der Waals surface area contributed by atoms with Crippen LogP contribution in [0.1, 0.15) is 33.6 Å². The maximum Gasteiger partial charge on any atom is 0.239 e. The molecule has 1 aliphatic rings. The van der Waals surface area contributed by atoms with E-state index in [1.165, 1.54) is 20.4 Å². The van der Waals surface area contributed by atoms with Crippen molar-refractivity contribution >= 4 is 17.7 Å². The molecule has 0 radical (unpaired) electrons. The van der Waals surface area contributed by atoms with Crippen LogP contribution in [-0.2, 0) is 14.4 Å². The summed E-state index contributed by atoms with van der Waals surface area (Å²) in [7, 11) is 1.50. The van der Waals surface area contributed by atoms with Crippen LogP contribution in [0.25, 0.3) is 0 Å². The van der Waals surface area contributed by atoms with Crippen LogP contribution < -0.4 is 21.3 Å². The monoisotopic (exact) mass is 286 g/mol. The number of amides is 3. The van der Waals surface area contributed by atoms with Crippen LogP contribution in [0.5, 0.6) is 0 Å². The molecule has 7 heteroatoms. The predicted molar refractivity (Wildman–Crippen MR) is 77.1 cm³/mol. The van der Waals surface area contributed by atoms with E-state index in [0.29, 0.717) is 13.0 Å². The molecular formula is C13H26N4O3. The van der Waals surface area contributed by atoms with Crippen molar-refractivity contribution < 1.29 is 14.4 Å². The van der Waals surface area contributed by atoms with Gasteiger partial charge in [0, 0.05) is 14.0 Å². The van der Waals surface area contributed by atoms with Crippen LogP contribution in [-0.4, -0.2) is 49.9 Å². The van der Waals surface area contributed by atoms with Crippen molar-refractivity contribution in [3.8, 4) is 0 Å². The number of hydrogen-bond acceptors (Lipinski definition) is 4. The molecule has 4 N–H and O–H groups in total. The summed E-state index contributed by atoms with van der Waals surface area (Å²) in [4.78, 5) is 33.7. The fourth-order valence-corrected chi connectivity index (χ4v) is 1.76. The van der Waals surface area contributed by atoms with Crippen molar-refractivity contribution in [1.82, 2.24) is 21.3 Å². The number of carbonyl (C=O) groups is 3. The van der Waals surface area contributed by atoms with E-state index < -0.39 is 6.04 Å². The van der Waals surface area contributed by atoms with Gasteiger partial charge in [0.1, 0.15) is 6.04 Å². The van der Waals surface area contributed by atoms with Gasteiger partial charge in [0.15, 0.2) is 0 Å². The Kier molecular flexibility index (Phi) is 9.36. The lowest BCUT2D eigenvalue weighted by atomic mass is 10.1. The minimum absolute atomic E-state index is 0.0553. The minimum atomic E-state index is -0.469. The summed E-state index contributed by atoms with van der Waals surface area (Å²) in [6.45, 7) is 6.28. The number of hydrogen-bond donors (Lipinski definition) is 4. The first-order chi connectivity index (χ1) is 9.46. The Labute approximate surface area is 120 Å². The van der Waals surface area contributed by atoms with Gasteiger partial charge in [0.25, 0.3) is 0 Å². The largest absolute Gasteiger partial charge is 0.358 e. The SMILES string of the molecule is CCC.CNC(=O)CNC(=O)C1NCCC1NC(C)=O. The van der Waals surface area contributed by atoms with Crippen LogP contribution in [0, 0.1) is 0 Å². The second-order valence-corrected chi connectivity index (χ2v) is 4.63. The summed E-state index contributed by atoms with van der Waals surface area (Å²) < 4.78 is 0. The van der Waals surface area contributed by atoms with Gasteiger partial charge in [-0.05, 0) is 13.0 Å². The molecule has 1 rings (SSSR count). The molecule has 1 heterocycles. The standard InChI is InChI=1S/C10H18N4O3.C3H8/c1-6(15)14-7-3-4-12-9(7)10(17)13-5-8(16)11-2;1-3-2/h7,9,12H,3-5H2,1-2H3,(H,11,16)(H,13,17)(H,14,15);3H2,1-2H3. The smallest absolute Gasteiger partial charge is 0.239 e. The van der Waals surface area contributed by atoms with Crippen LogP contribution in [0.3, 0.4) is 0 Å². The lowest BCUT2D eigenvalue weighted by Gasteiger charge is -2.19. The highest BCUT2D eigenvalue weighted by molar-refractivity contribution is 5.88. The first kappa shape index (κ1) is 18.4. The van der Waals surface area contributed by atoms with Crippen LogP contribution in [0.2, 0.25) is 0 Å². The van der Waals surface area contributed by atoms with Gasteiger partial charge in [-0.2, -0.15) is 0 Å². The first-order valence-electron chi connectivity index (χ1n) is 6.94. The van der Waals surface area contributed by atoms with Crippen LogP contribution in [0.15, 0.2) is 0 Å². The molecule has 0 saturated carbocycles. The molecule has 20 heavy (non-hydrogen) atoms. The Morgan fingerprint density at radius 2 is 1.85 bits per heavy atom. The summed E-state index contributed by atoms with van der Waals surface area (Å²) in [5.41, 5.74) is 0. The van der Waals surface area contributed by atoms with E-state index in [2.05, 4.69) is 35.1 Å². The molecule has 0 bridgehead atoms. The second-order valence-electron chi connectivity index (χ2n) is 4.63. The van der Waals surface area contributed by atoms with Crippen molar-refractivity contribution in [2.75, 3.05) is 20.1 Å². The Balaban J connectivity index is 0.00000110. The Morgan fingerprint density at radius 1 is 1.25 bits per heavy atom. The van der Waals surface area contributed by atoms with E-state index in [4.69, 9.17) is 0 Å². The summed E-state index contributed by atoms with van der Waals surface area (Å²) in [5, 5.41) is 10.6. The van der Waals surface area contributed by atoms with Crippen molar-refractivity contribution in [2.45, 2.75) is 45.7 Å². The highest BCUT2D eigenvalue weighted by Gasteiger charge is 2.33. The van der Waals surface area contributed by atoms with Crippen molar-refractivity contribution in [1.29, 1.82) is 0 Å². The molecule has 116 valence electrons. The third-order valence-corrected chi connectivity index (χ3v) is 2.60. The number of carbonyl (C=O) groups excluding carboxylic acids is 3. The van der Waals surface area contributed by atoms with Crippen LogP contribution >= 0.6 is 0 Å². The zero-order valence-corrected chi connectivity index (χ0v) is 12.7. The van der Waals surface area contributed by atoms with E-state index in [-0.39, 0.29) is 30.3 Å². The Bertz CT molecular complexity index is 334. The van der Waals surface area contributed by atoms with Gasteiger partial charge in [-0.15, -0.1) is 0 Å². The average Bonchev–Trinajstić information content (AvgIpc) is 2.83. The molecule has 7 nitrogen and oxygen atoms in total. The summed E-state index contributed by atoms with van der Waals surface area (Å²) in [5.74, 6) is -0.694. The summed E-state index contributed by atoms with van der Waals surface area (Å²) >= 11 is 0. The van der Waals surface area contributed by atoms with E-state index in [0.717, 1.165) is 0 Å². The molecule has 0 aliphatic carbocycles. The maximum absolute atomic E-state index is 11.8. The third kappa shape index (κ3) is 7.08. The Hall–Kier alpha value is -1.63. The molecule has 0 spiro atoms. The van der Waals surface area contributed by atoms with E-state index >= 15 is 0 Å². The van der Waals surface area contributed by atoms with Gasteiger partial charge >= 0.3 is 0 Å². The van der Waals surface area contributed by atoms with Gasteiger partial charge in [-0.25, -0.2) is 0 Å². The highest BCUT2D eigenvalue weighted by atomic mass is 16.2. The second kappa shape index (κ2) is 10.2. The van der Waals surface area contributed by atoms with Gasteiger partial charge in [-0.3, -0.25) is 14.4 Å².